The fraction of sp³-hybridized carbons (Fsp3) is 0.263. The molecule has 24 heavy (non-hydrogen) atoms. The van der Waals surface area contributed by atoms with Gasteiger partial charge >= 0.3 is 0 Å². The van der Waals surface area contributed by atoms with E-state index in [1.807, 2.05) is 22.7 Å². The molecule has 1 N–H and O–H groups in total. The second-order valence-electron chi connectivity index (χ2n) is 6.48. The number of imidazole rings is 1. The number of aryl methyl sites for hydroxylation is 2. The number of alkyl halides is 1. The zero-order chi connectivity index (χ0) is 16.8. The predicted molar refractivity (Wildman–Crippen MR) is 91.7 cm³/mol. The number of benzene rings is 1. The monoisotopic (exact) mass is 323 g/mol. The zero-order valence-electron chi connectivity index (χ0n) is 13.6. The van der Waals surface area contributed by atoms with Crippen LogP contribution < -0.4 is 5.32 Å². The lowest BCUT2D eigenvalue weighted by molar-refractivity contribution is -0.117. The van der Waals surface area contributed by atoms with Crippen molar-refractivity contribution in [2.24, 2.45) is 5.92 Å². The van der Waals surface area contributed by atoms with E-state index in [0.717, 1.165) is 11.2 Å². The van der Waals surface area contributed by atoms with E-state index >= 15 is 0 Å². The van der Waals surface area contributed by atoms with Gasteiger partial charge in [-0.15, -0.1) is 0 Å². The van der Waals surface area contributed by atoms with Crippen molar-refractivity contribution in [2.75, 3.05) is 5.32 Å². The van der Waals surface area contributed by atoms with Crippen LogP contribution in [0.15, 0.2) is 42.7 Å². The van der Waals surface area contributed by atoms with Gasteiger partial charge in [-0.05, 0) is 49.1 Å². The average Bonchev–Trinajstić information content (AvgIpc) is 3.13. The van der Waals surface area contributed by atoms with Gasteiger partial charge < -0.3 is 9.72 Å². The van der Waals surface area contributed by atoms with Gasteiger partial charge in [0.05, 0.1) is 12.1 Å². The first-order valence-electron chi connectivity index (χ1n) is 8.02. The zero-order valence-corrected chi connectivity index (χ0v) is 13.6. The summed E-state index contributed by atoms with van der Waals surface area (Å²) < 4.78 is 14.8. The van der Waals surface area contributed by atoms with Crippen LogP contribution in [0.2, 0.25) is 0 Å². The molecule has 122 valence electrons. The smallest absolute Gasteiger partial charge is 0.231 e. The minimum Gasteiger partial charge on any atom is -0.309 e. The minimum absolute atomic E-state index is 0.291. The molecule has 1 aromatic carbocycles. The number of nitrogens with zero attached hydrogens (tertiary/aromatic N) is 2. The van der Waals surface area contributed by atoms with E-state index in [9.17, 15) is 9.18 Å². The lowest BCUT2D eigenvalue weighted by Crippen LogP contribution is -2.15. The summed E-state index contributed by atoms with van der Waals surface area (Å²) >= 11 is 0. The largest absolute Gasteiger partial charge is 0.309 e. The van der Waals surface area contributed by atoms with Crippen molar-refractivity contribution in [3.8, 4) is 11.1 Å². The summed E-state index contributed by atoms with van der Waals surface area (Å²) in [5.74, 6) is -0.349. The first-order chi connectivity index (χ1) is 11.5. The molecule has 0 spiro atoms. The Hall–Kier alpha value is -2.69. The Balaban J connectivity index is 1.64. The Labute approximate surface area is 139 Å². The Morgan fingerprint density at radius 3 is 2.75 bits per heavy atom. The van der Waals surface area contributed by atoms with E-state index in [4.69, 9.17) is 0 Å². The number of pyridine rings is 1. The highest BCUT2D eigenvalue weighted by atomic mass is 19.1. The number of hydrogen-bond donors (Lipinski definition) is 1. The maximum absolute atomic E-state index is 13.0. The maximum atomic E-state index is 13.0. The quantitative estimate of drug-likeness (QED) is 0.794. The molecule has 0 bridgehead atoms. The normalized spacial score (nSPS) is 19.5. The molecule has 1 fully saturated rings. The van der Waals surface area contributed by atoms with Gasteiger partial charge in [-0.25, -0.2) is 9.37 Å². The summed E-state index contributed by atoms with van der Waals surface area (Å²) in [5, 5.41) is 2.69. The summed E-state index contributed by atoms with van der Waals surface area (Å²) in [7, 11) is 0. The van der Waals surface area contributed by atoms with Gasteiger partial charge in [0.1, 0.15) is 11.8 Å². The summed E-state index contributed by atoms with van der Waals surface area (Å²) in [6.45, 7) is 4.17. The number of nitrogens with one attached hydrogen (secondary N) is 1. The topological polar surface area (TPSA) is 46.4 Å². The third-order valence-electron chi connectivity index (χ3n) is 4.44. The van der Waals surface area contributed by atoms with E-state index in [1.165, 1.54) is 16.7 Å². The van der Waals surface area contributed by atoms with Crippen LogP contribution in [0.1, 0.15) is 17.5 Å². The highest BCUT2D eigenvalue weighted by molar-refractivity contribution is 5.94. The molecule has 4 rings (SSSR count). The van der Waals surface area contributed by atoms with Crippen LogP contribution in [0.3, 0.4) is 0 Å². The van der Waals surface area contributed by atoms with Crippen LogP contribution >= 0.6 is 0 Å². The van der Waals surface area contributed by atoms with Gasteiger partial charge in [-0.2, -0.15) is 0 Å². The Morgan fingerprint density at radius 2 is 2.04 bits per heavy atom. The summed E-state index contributed by atoms with van der Waals surface area (Å²) in [6.07, 6.45) is 3.06. The van der Waals surface area contributed by atoms with Crippen LogP contribution in [0.25, 0.3) is 16.8 Å². The van der Waals surface area contributed by atoms with Gasteiger partial charge in [0.15, 0.2) is 5.82 Å². The van der Waals surface area contributed by atoms with Crippen LogP contribution in [-0.2, 0) is 4.79 Å². The summed E-state index contributed by atoms with van der Waals surface area (Å²) in [5.41, 5.74) is 5.44. The molecular formula is C19H18FN3O. The Morgan fingerprint density at radius 1 is 1.25 bits per heavy atom. The molecule has 3 aromatic rings. The van der Waals surface area contributed by atoms with Crippen molar-refractivity contribution in [3.63, 3.8) is 0 Å². The molecule has 2 heterocycles. The van der Waals surface area contributed by atoms with E-state index < -0.39 is 12.1 Å². The van der Waals surface area contributed by atoms with Crippen molar-refractivity contribution in [1.29, 1.82) is 0 Å². The van der Waals surface area contributed by atoms with Crippen molar-refractivity contribution < 1.29 is 9.18 Å². The van der Waals surface area contributed by atoms with Gasteiger partial charge in [0, 0.05) is 6.20 Å². The molecule has 4 nitrogen and oxygen atoms in total. The number of rotatable bonds is 3. The highest BCUT2D eigenvalue weighted by Crippen LogP contribution is 2.34. The summed E-state index contributed by atoms with van der Waals surface area (Å²) in [4.78, 5) is 16.2. The number of anilines is 1. The van der Waals surface area contributed by atoms with Gasteiger partial charge in [-0.3, -0.25) is 4.79 Å². The van der Waals surface area contributed by atoms with E-state index in [0.29, 0.717) is 12.2 Å². The molecule has 0 aliphatic heterocycles. The number of halogens is 1. The molecule has 1 saturated carbocycles. The third-order valence-corrected chi connectivity index (χ3v) is 4.44. The van der Waals surface area contributed by atoms with Crippen LogP contribution in [-0.4, -0.2) is 21.5 Å². The number of aromatic nitrogens is 2. The Kier molecular flexibility index (Phi) is 3.37. The predicted octanol–water partition coefficient (Wildman–Crippen LogP) is 3.91. The molecule has 1 amide bonds. The number of fused-ring (bicyclic) bond motifs is 1. The molecule has 1 aliphatic carbocycles. The van der Waals surface area contributed by atoms with Crippen LogP contribution in [0.5, 0.6) is 0 Å². The fourth-order valence-electron chi connectivity index (χ4n) is 3.00. The molecule has 1 aliphatic rings. The van der Waals surface area contributed by atoms with Crippen LogP contribution in [0, 0.1) is 19.8 Å². The average molecular weight is 323 g/mol. The molecular weight excluding hydrogens is 305 g/mol. The van der Waals surface area contributed by atoms with Gasteiger partial charge in [0.2, 0.25) is 5.91 Å². The number of amides is 1. The fourth-order valence-corrected chi connectivity index (χ4v) is 3.00. The molecule has 2 unspecified atom stereocenters. The molecule has 2 atom stereocenters. The molecule has 0 radical (unpaired) electrons. The Bertz CT molecular complexity index is 947. The van der Waals surface area contributed by atoms with E-state index in [2.05, 4.69) is 42.3 Å². The highest BCUT2D eigenvalue weighted by Gasteiger charge is 2.43. The van der Waals surface area contributed by atoms with E-state index in [-0.39, 0.29) is 5.91 Å². The molecule has 2 aromatic heterocycles. The second-order valence-corrected chi connectivity index (χ2v) is 6.48. The van der Waals surface area contributed by atoms with Crippen LogP contribution in [0.4, 0.5) is 10.2 Å². The van der Waals surface area contributed by atoms with Crippen molar-refractivity contribution in [3.05, 3.63) is 53.9 Å². The minimum atomic E-state index is -1.00. The van der Waals surface area contributed by atoms with Crippen molar-refractivity contribution in [1.82, 2.24) is 9.38 Å². The number of carbonyl (C=O) groups excluding carboxylic acids is 1. The lowest BCUT2D eigenvalue weighted by Gasteiger charge is -2.07. The maximum Gasteiger partial charge on any atom is 0.231 e. The molecule has 5 heteroatoms. The van der Waals surface area contributed by atoms with Gasteiger partial charge in [-0.1, -0.05) is 23.8 Å². The van der Waals surface area contributed by atoms with Crippen molar-refractivity contribution in [2.45, 2.75) is 26.4 Å². The lowest BCUT2D eigenvalue weighted by atomic mass is 10.0. The second kappa shape index (κ2) is 5.44. The SMILES string of the molecule is Cc1ccc(-c2ccc3nc(NC(=O)C4CC4F)cn3c2)c(C)c1. The number of carbonyl (C=O) groups is 1. The van der Waals surface area contributed by atoms with Crippen molar-refractivity contribution >= 4 is 17.4 Å². The standard InChI is InChI=1S/C19H18FN3O/c1-11-3-5-14(12(2)7-11)13-4-6-18-21-17(10-23(18)9-13)22-19(24)15-8-16(15)20/h3-7,9-10,15-16H,8H2,1-2H3,(H,22,24). The molecule has 0 saturated heterocycles. The first kappa shape index (κ1) is 14.9. The first-order valence-corrected chi connectivity index (χ1v) is 8.02. The van der Waals surface area contributed by atoms with Gasteiger partial charge in [0.25, 0.3) is 0 Å². The number of hydrogen-bond acceptors (Lipinski definition) is 2. The third kappa shape index (κ3) is 2.66. The summed E-state index contributed by atoms with van der Waals surface area (Å²) in [6, 6.07) is 10.3. The van der Waals surface area contributed by atoms with E-state index in [1.54, 1.807) is 6.20 Å².